The van der Waals surface area contributed by atoms with Crippen LogP contribution in [0.5, 0.6) is 0 Å². The number of aryl methyl sites for hydroxylation is 1. The maximum atomic E-state index is 8.95. The zero-order chi connectivity index (χ0) is 10.7. The predicted molar refractivity (Wildman–Crippen MR) is 62.6 cm³/mol. The molecule has 1 aromatic heterocycles. The van der Waals surface area contributed by atoms with Gasteiger partial charge in [-0.15, -0.1) is 11.3 Å². The summed E-state index contributed by atoms with van der Waals surface area (Å²) in [4.78, 5) is 2.73. The Morgan fingerprint density at radius 1 is 1.53 bits per heavy atom. The molecule has 15 heavy (non-hydrogen) atoms. The second-order valence-electron chi connectivity index (χ2n) is 4.17. The van der Waals surface area contributed by atoms with Crippen LogP contribution in [0.15, 0.2) is 12.1 Å². The van der Waals surface area contributed by atoms with Crippen molar-refractivity contribution in [3.63, 3.8) is 0 Å². The molecule has 0 spiro atoms. The van der Waals surface area contributed by atoms with Gasteiger partial charge in [-0.1, -0.05) is 6.42 Å². The van der Waals surface area contributed by atoms with Gasteiger partial charge in [0.1, 0.15) is 0 Å². The van der Waals surface area contributed by atoms with Gasteiger partial charge in [-0.3, -0.25) is 0 Å². The Labute approximate surface area is 94.9 Å². The van der Waals surface area contributed by atoms with E-state index in [0.717, 1.165) is 19.4 Å². The van der Waals surface area contributed by atoms with Crippen molar-refractivity contribution in [1.29, 1.82) is 5.26 Å². The molecule has 0 radical (unpaired) electrons. The summed E-state index contributed by atoms with van der Waals surface area (Å²) in [5.74, 6) is 0.228. The van der Waals surface area contributed by atoms with E-state index in [1.165, 1.54) is 16.2 Å². The van der Waals surface area contributed by atoms with Gasteiger partial charge in [0.15, 0.2) is 0 Å². The second kappa shape index (κ2) is 4.78. The van der Waals surface area contributed by atoms with E-state index in [1.54, 1.807) is 0 Å². The molecule has 1 fully saturated rings. The Morgan fingerprint density at radius 3 is 3.07 bits per heavy atom. The molecule has 0 aliphatic heterocycles. The van der Waals surface area contributed by atoms with Gasteiger partial charge in [0.05, 0.1) is 12.0 Å². The Morgan fingerprint density at radius 2 is 2.40 bits per heavy atom. The maximum Gasteiger partial charge on any atom is 0.0672 e. The molecular formula is C12H16N2S. The molecule has 0 amide bonds. The number of nitrogens with zero attached hydrogens (tertiary/aromatic N) is 1. The fourth-order valence-corrected chi connectivity index (χ4v) is 3.01. The number of hydrogen-bond acceptors (Lipinski definition) is 3. The van der Waals surface area contributed by atoms with E-state index in [-0.39, 0.29) is 5.92 Å². The summed E-state index contributed by atoms with van der Waals surface area (Å²) >= 11 is 1.83. The lowest BCUT2D eigenvalue weighted by atomic mass is 10.1. The fourth-order valence-electron chi connectivity index (χ4n) is 2.17. The van der Waals surface area contributed by atoms with Gasteiger partial charge in [-0.2, -0.15) is 5.26 Å². The normalized spacial score (nSPS) is 25.3. The molecule has 1 saturated carbocycles. The Bertz CT molecular complexity index is 364. The summed E-state index contributed by atoms with van der Waals surface area (Å²) in [6.07, 6.45) is 3.42. The fraction of sp³-hybridized carbons (Fsp3) is 0.583. The minimum Gasteiger partial charge on any atom is -0.308 e. The molecule has 2 atom stereocenters. The van der Waals surface area contributed by atoms with E-state index in [0.29, 0.717) is 6.04 Å². The molecule has 1 aliphatic rings. The monoisotopic (exact) mass is 220 g/mol. The third-order valence-corrected chi connectivity index (χ3v) is 4.02. The topological polar surface area (TPSA) is 35.8 Å². The van der Waals surface area contributed by atoms with Gasteiger partial charge in [-0.25, -0.2) is 0 Å². The highest BCUT2D eigenvalue weighted by atomic mass is 32.1. The molecule has 1 heterocycles. The van der Waals surface area contributed by atoms with E-state index in [9.17, 15) is 0 Å². The van der Waals surface area contributed by atoms with Crippen molar-refractivity contribution in [3.8, 4) is 6.07 Å². The molecule has 1 N–H and O–H groups in total. The van der Waals surface area contributed by atoms with Crippen LogP contribution in [0.25, 0.3) is 0 Å². The first-order valence-electron chi connectivity index (χ1n) is 5.48. The average Bonchev–Trinajstić information content (AvgIpc) is 2.83. The zero-order valence-electron chi connectivity index (χ0n) is 8.99. The Kier molecular flexibility index (Phi) is 3.40. The van der Waals surface area contributed by atoms with Crippen molar-refractivity contribution < 1.29 is 0 Å². The first-order chi connectivity index (χ1) is 7.29. The van der Waals surface area contributed by atoms with Crippen LogP contribution >= 0.6 is 11.3 Å². The largest absolute Gasteiger partial charge is 0.308 e. The van der Waals surface area contributed by atoms with E-state index in [4.69, 9.17) is 5.26 Å². The van der Waals surface area contributed by atoms with E-state index < -0.39 is 0 Å². The molecule has 0 bridgehead atoms. The molecule has 80 valence electrons. The molecule has 0 aromatic carbocycles. The quantitative estimate of drug-likeness (QED) is 0.850. The van der Waals surface area contributed by atoms with Gasteiger partial charge in [-0.05, 0) is 31.9 Å². The van der Waals surface area contributed by atoms with Crippen molar-refractivity contribution in [1.82, 2.24) is 5.32 Å². The highest BCUT2D eigenvalue weighted by Gasteiger charge is 2.26. The second-order valence-corrected chi connectivity index (χ2v) is 5.54. The highest BCUT2D eigenvalue weighted by molar-refractivity contribution is 7.11. The predicted octanol–water partition coefficient (Wildman–Crippen LogP) is 2.84. The summed E-state index contributed by atoms with van der Waals surface area (Å²) in [7, 11) is 0. The van der Waals surface area contributed by atoms with Crippen LogP contribution in [0.3, 0.4) is 0 Å². The highest BCUT2D eigenvalue weighted by Crippen LogP contribution is 2.25. The van der Waals surface area contributed by atoms with Crippen molar-refractivity contribution in [3.05, 3.63) is 21.9 Å². The first-order valence-corrected chi connectivity index (χ1v) is 6.29. The number of thiophene rings is 1. The molecule has 0 saturated heterocycles. The van der Waals surface area contributed by atoms with Crippen LogP contribution in [0.1, 0.15) is 29.0 Å². The molecule has 2 rings (SSSR count). The van der Waals surface area contributed by atoms with Crippen molar-refractivity contribution in [2.75, 3.05) is 0 Å². The van der Waals surface area contributed by atoms with Crippen molar-refractivity contribution >= 4 is 11.3 Å². The summed E-state index contributed by atoms with van der Waals surface area (Å²) in [6.45, 7) is 3.04. The lowest BCUT2D eigenvalue weighted by Gasteiger charge is -2.14. The zero-order valence-corrected chi connectivity index (χ0v) is 9.81. The van der Waals surface area contributed by atoms with Gasteiger partial charge in [0.25, 0.3) is 0 Å². The average molecular weight is 220 g/mol. The number of rotatable bonds is 3. The van der Waals surface area contributed by atoms with Gasteiger partial charge < -0.3 is 5.32 Å². The molecule has 1 aliphatic carbocycles. The number of nitrogens with one attached hydrogen (secondary N) is 1. The Balaban J connectivity index is 1.85. The third kappa shape index (κ3) is 2.58. The molecule has 3 heteroatoms. The van der Waals surface area contributed by atoms with Gasteiger partial charge >= 0.3 is 0 Å². The van der Waals surface area contributed by atoms with Crippen LogP contribution in [-0.4, -0.2) is 6.04 Å². The number of hydrogen-bond donors (Lipinski definition) is 1. The van der Waals surface area contributed by atoms with E-state index in [2.05, 4.69) is 30.4 Å². The third-order valence-electron chi connectivity index (χ3n) is 3.02. The van der Waals surface area contributed by atoms with Crippen LogP contribution in [0, 0.1) is 24.2 Å². The lowest BCUT2D eigenvalue weighted by molar-refractivity contribution is 0.466. The summed E-state index contributed by atoms with van der Waals surface area (Å²) < 4.78 is 0. The van der Waals surface area contributed by atoms with Crippen molar-refractivity contribution in [2.24, 2.45) is 5.92 Å². The van der Waals surface area contributed by atoms with Crippen LogP contribution < -0.4 is 5.32 Å². The molecule has 1 aromatic rings. The summed E-state index contributed by atoms with van der Waals surface area (Å²) in [5, 5.41) is 12.5. The lowest BCUT2D eigenvalue weighted by Crippen LogP contribution is -2.30. The Hall–Kier alpha value is -0.850. The van der Waals surface area contributed by atoms with Crippen molar-refractivity contribution in [2.45, 2.75) is 38.8 Å². The summed E-state index contributed by atoms with van der Waals surface area (Å²) in [6, 6.07) is 7.13. The first kappa shape index (κ1) is 10.7. The SMILES string of the molecule is Cc1ccc(CNC2CCCC2C#N)s1. The van der Waals surface area contributed by atoms with Gasteiger partial charge in [0, 0.05) is 22.3 Å². The standard InChI is InChI=1S/C12H16N2S/c1-9-5-6-11(15-9)8-14-12-4-2-3-10(12)7-13/h5-6,10,12,14H,2-4,8H2,1H3. The van der Waals surface area contributed by atoms with Crippen LogP contribution in [-0.2, 0) is 6.54 Å². The molecule has 2 unspecified atom stereocenters. The minimum absolute atomic E-state index is 0.228. The van der Waals surface area contributed by atoms with E-state index in [1.807, 2.05) is 11.3 Å². The van der Waals surface area contributed by atoms with Crippen LogP contribution in [0.2, 0.25) is 0 Å². The van der Waals surface area contributed by atoms with Gasteiger partial charge in [0.2, 0.25) is 0 Å². The van der Waals surface area contributed by atoms with E-state index >= 15 is 0 Å². The summed E-state index contributed by atoms with van der Waals surface area (Å²) in [5.41, 5.74) is 0. The number of nitriles is 1. The van der Waals surface area contributed by atoms with Crippen LogP contribution in [0.4, 0.5) is 0 Å². The maximum absolute atomic E-state index is 8.95. The smallest absolute Gasteiger partial charge is 0.0672 e. The molecular weight excluding hydrogens is 204 g/mol. The minimum atomic E-state index is 0.228. The molecule has 2 nitrogen and oxygen atoms in total.